The van der Waals surface area contributed by atoms with Crippen LogP contribution in [0.15, 0.2) is 17.6 Å². The van der Waals surface area contributed by atoms with Crippen molar-refractivity contribution in [2.24, 2.45) is 4.99 Å². The second-order valence-corrected chi connectivity index (χ2v) is 7.97. The Kier molecular flexibility index (Phi) is 11.3. The lowest BCUT2D eigenvalue weighted by molar-refractivity contribution is -0.121. The maximum atomic E-state index is 11.9. The van der Waals surface area contributed by atoms with Gasteiger partial charge in [-0.25, -0.2) is 8.42 Å². The lowest BCUT2D eigenvalue weighted by Crippen LogP contribution is -2.42. The van der Waals surface area contributed by atoms with Crippen LogP contribution in [-0.2, 0) is 14.6 Å². The molecular formula is C15H29IN4O3S. The number of unbranched alkanes of at least 4 members (excludes halogenated alkanes) is 1. The van der Waals surface area contributed by atoms with Gasteiger partial charge in [0.2, 0.25) is 5.91 Å². The summed E-state index contributed by atoms with van der Waals surface area (Å²) in [5.41, 5.74) is 0. The molecule has 24 heavy (non-hydrogen) atoms. The maximum absolute atomic E-state index is 11.9. The SMILES string of the molecule is C=CCCCN(C)C(=NC)NCCC(=O)NC1CCS(=O)(=O)C1.I. The molecule has 0 saturated carbocycles. The number of nitrogens with zero attached hydrogens (tertiary/aromatic N) is 2. The third-order valence-electron chi connectivity index (χ3n) is 3.71. The summed E-state index contributed by atoms with van der Waals surface area (Å²) in [6.45, 7) is 5.02. The van der Waals surface area contributed by atoms with E-state index in [1.54, 1.807) is 7.05 Å². The summed E-state index contributed by atoms with van der Waals surface area (Å²) in [7, 11) is 0.686. The number of guanidine groups is 1. The molecule has 0 bridgehead atoms. The van der Waals surface area contributed by atoms with Gasteiger partial charge in [-0.2, -0.15) is 0 Å². The zero-order valence-electron chi connectivity index (χ0n) is 14.5. The van der Waals surface area contributed by atoms with E-state index in [9.17, 15) is 13.2 Å². The van der Waals surface area contributed by atoms with Gasteiger partial charge in [0.15, 0.2) is 15.8 Å². The number of hydrogen-bond donors (Lipinski definition) is 2. The Morgan fingerprint density at radius 1 is 1.46 bits per heavy atom. The zero-order chi connectivity index (χ0) is 17.3. The number of rotatable bonds is 8. The minimum absolute atomic E-state index is 0. The van der Waals surface area contributed by atoms with Gasteiger partial charge in [0.05, 0.1) is 11.5 Å². The lowest BCUT2D eigenvalue weighted by atomic mass is 10.2. The Labute approximate surface area is 162 Å². The van der Waals surface area contributed by atoms with Gasteiger partial charge in [-0.1, -0.05) is 6.08 Å². The zero-order valence-corrected chi connectivity index (χ0v) is 17.6. The molecule has 0 spiro atoms. The molecule has 1 fully saturated rings. The first-order chi connectivity index (χ1) is 10.9. The Balaban J connectivity index is 0.00000529. The first-order valence-electron chi connectivity index (χ1n) is 7.90. The molecule has 0 radical (unpaired) electrons. The second-order valence-electron chi connectivity index (χ2n) is 5.74. The third kappa shape index (κ3) is 8.86. The van der Waals surface area contributed by atoms with Crippen molar-refractivity contribution in [3.8, 4) is 0 Å². The number of sulfone groups is 1. The number of carbonyl (C=O) groups is 1. The predicted octanol–water partition coefficient (Wildman–Crippen LogP) is 0.771. The molecule has 7 nitrogen and oxygen atoms in total. The monoisotopic (exact) mass is 472 g/mol. The highest BCUT2D eigenvalue weighted by Crippen LogP contribution is 2.11. The third-order valence-corrected chi connectivity index (χ3v) is 5.48. The summed E-state index contributed by atoms with van der Waals surface area (Å²) in [6, 6.07) is -0.242. The van der Waals surface area contributed by atoms with Crippen LogP contribution in [0.25, 0.3) is 0 Å². The van der Waals surface area contributed by atoms with Gasteiger partial charge in [0, 0.05) is 39.6 Å². The molecule has 0 aromatic carbocycles. The van der Waals surface area contributed by atoms with Crippen molar-refractivity contribution < 1.29 is 13.2 Å². The normalized spacial score (nSPS) is 19.2. The number of nitrogens with one attached hydrogen (secondary N) is 2. The second kappa shape index (κ2) is 11.7. The van der Waals surface area contributed by atoms with E-state index in [0.29, 0.717) is 13.0 Å². The summed E-state index contributed by atoms with van der Waals surface area (Å²) < 4.78 is 22.7. The first-order valence-corrected chi connectivity index (χ1v) is 9.72. The molecule has 140 valence electrons. The molecule has 0 aliphatic carbocycles. The van der Waals surface area contributed by atoms with Gasteiger partial charge in [0.25, 0.3) is 0 Å². The summed E-state index contributed by atoms with van der Waals surface area (Å²) in [4.78, 5) is 18.0. The maximum Gasteiger partial charge on any atom is 0.222 e. The van der Waals surface area contributed by atoms with Gasteiger partial charge >= 0.3 is 0 Å². The molecule has 1 amide bonds. The fourth-order valence-electron chi connectivity index (χ4n) is 2.46. The summed E-state index contributed by atoms with van der Waals surface area (Å²) in [5, 5.41) is 5.91. The standard InChI is InChI=1S/C15H28N4O3S.HI/c1-4-5-6-10-19(3)15(16-2)17-9-7-14(20)18-13-8-11-23(21,22)12-13;/h4,13H,1,5-12H2,2-3H3,(H,16,17)(H,18,20);1H. The van der Waals surface area contributed by atoms with Gasteiger partial charge in [0.1, 0.15) is 0 Å². The molecule has 0 aromatic rings. The van der Waals surface area contributed by atoms with E-state index in [2.05, 4.69) is 22.2 Å². The minimum Gasteiger partial charge on any atom is -0.356 e. The quantitative estimate of drug-likeness (QED) is 0.179. The van der Waals surface area contributed by atoms with Crippen LogP contribution >= 0.6 is 24.0 Å². The van der Waals surface area contributed by atoms with Crippen molar-refractivity contribution in [1.29, 1.82) is 0 Å². The van der Waals surface area contributed by atoms with Gasteiger partial charge in [-0.05, 0) is 19.3 Å². The smallest absolute Gasteiger partial charge is 0.222 e. The van der Waals surface area contributed by atoms with Crippen LogP contribution in [0.4, 0.5) is 0 Å². The van der Waals surface area contributed by atoms with E-state index in [-0.39, 0.29) is 53.9 Å². The highest BCUT2D eigenvalue weighted by Gasteiger charge is 2.28. The van der Waals surface area contributed by atoms with E-state index >= 15 is 0 Å². The van der Waals surface area contributed by atoms with Crippen molar-refractivity contribution in [2.45, 2.75) is 31.7 Å². The predicted molar refractivity (Wildman–Crippen MR) is 109 cm³/mol. The molecule has 2 N–H and O–H groups in total. The number of aliphatic imine (C=N–C) groups is 1. The van der Waals surface area contributed by atoms with Crippen molar-refractivity contribution >= 4 is 45.7 Å². The topological polar surface area (TPSA) is 90.9 Å². The Morgan fingerprint density at radius 2 is 2.17 bits per heavy atom. The lowest BCUT2D eigenvalue weighted by Gasteiger charge is -2.21. The molecule has 9 heteroatoms. The van der Waals surface area contributed by atoms with Crippen molar-refractivity contribution in [1.82, 2.24) is 15.5 Å². The molecular weight excluding hydrogens is 443 g/mol. The van der Waals surface area contributed by atoms with Crippen molar-refractivity contribution in [3.63, 3.8) is 0 Å². The molecule has 1 aliphatic rings. The van der Waals surface area contributed by atoms with E-state index in [0.717, 1.165) is 25.3 Å². The number of allylic oxidation sites excluding steroid dienone is 1. The molecule has 1 rings (SSSR count). The number of amides is 1. The van der Waals surface area contributed by atoms with Gasteiger partial charge < -0.3 is 15.5 Å². The summed E-state index contributed by atoms with van der Waals surface area (Å²) in [5.74, 6) is 0.827. The van der Waals surface area contributed by atoms with Crippen LogP contribution in [0.3, 0.4) is 0 Å². The fraction of sp³-hybridized carbons (Fsp3) is 0.733. The van der Waals surface area contributed by atoms with E-state index in [4.69, 9.17) is 0 Å². The van der Waals surface area contributed by atoms with E-state index in [1.165, 1.54) is 0 Å². The summed E-state index contributed by atoms with van der Waals surface area (Å²) in [6.07, 6.45) is 4.63. The molecule has 1 heterocycles. The average molecular weight is 472 g/mol. The van der Waals surface area contributed by atoms with Crippen LogP contribution in [0, 0.1) is 0 Å². The largest absolute Gasteiger partial charge is 0.356 e. The Hall–Kier alpha value is -0.840. The Bertz CT molecular complexity index is 537. The molecule has 1 aliphatic heterocycles. The van der Waals surface area contributed by atoms with Crippen LogP contribution < -0.4 is 10.6 Å². The molecule has 1 unspecified atom stereocenters. The highest BCUT2D eigenvalue weighted by molar-refractivity contribution is 14.0. The first kappa shape index (κ1) is 23.2. The number of carbonyl (C=O) groups excluding carboxylic acids is 1. The highest BCUT2D eigenvalue weighted by atomic mass is 127. The van der Waals surface area contributed by atoms with Crippen LogP contribution in [0.2, 0.25) is 0 Å². The number of hydrogen-bond acceptors (Lipinski definition) is 4. The fourth-order valence-corrected chi connectivity index (χ4v) is 4.13. The number of halogens is 1. The van der Waals surface area contributed by atoms with Gasteiger partial charge in [-0.15, -0.1) is 30.6 Å². The van der Waals surface area contributed by atoms with E-state index < -0.39 is 9.84 Å². The van der Waals surface area contributed by atoms with Crippen molar-refractivity contribution in [3.05, 3.63) is 12.7 Å². The van der Waals surface area contributed by atoms with Crippen LogP contribution in [-0.4, -0.2) is 69.9 Å². The van der Waals surface area contributed by atoms with Gasteiger partial charge in [-0.3, -0.25) is 9.79 Å². The van der Waals surface area contributed by atoms with Crippen molar-refractivity contribution in [2.75, 3.05) is 38.7 Å². The Morgan fingerprint density at radius 3 is 2.71 bits per heavy atom. The van der Waals surface area contributed by atoms with E-state index in [1.807, 2.05) is 18.0 Å². The van der Waals surface area contributed by atoms with Crippen LogP contribution in [0.1, 0.15) is 25.7 Å². The average Bonchev–Trinajstić information content (AvgIpc) is 2.82. The molecule has 1 atom stereocenters. The van der Waals surface area contributed by atoms with Crippen LogP contribution in [0.5, 0.6) is 0 Å². The molecule has 1 saturated heterocycles. The summed E-state index contributed by atoms with van der Waals surface area (Å²) >= 11 is 0. The minimum atomic E-state index is -2.96. The molecule has 0 aromatic heterocycles.